The predicted octanol–water partition coefficient (Wildman–Crippen LogP) is -0.462. The average molecular weight is 188 g/mol. The van der Waals surface area contributed by atoms with Gasteiger partial charge in [-0.05, 0) is 12.8 Å². The highest BCUT2D eigenvalue weighted by Gasteiger charge is 2.21. The van der Waals surface area contributed by atoms with Gasteiger partial charge in [-0.1, -0.05) is 0 Å². The lowest BCUT2D eigenvalue weighted by atomic mass is 10.1. The molecule has 5 nitrogen and oxygen atoms in total. The van der Waals surface area contributed by atoms with Gasteiger partial charge in [0, 0.05) is 13.1 Å². The standard InChI is InChI=1S/C8H16N2O3/c9-8(12)10-3-1-2-7(6-10)13-5-4-11/h7,11H,1-6H2,(H2,9,12). The molecule has 1 fully saturated rings. The molecule has 0 spiro atoms. The van der Waals surface area contributed by atoms with Crippen molar-refractivity contribution in [2.24, 2.45) is 5.73 Å². The highest BCUT2D eigenvalue weighted by molar-refractivity contribution is 5.72. The van der Waals surface area contributed by atoms with E-state index in [9.17, 15) is 4.79 Å². The molecule has 3 N–H and O–H groups in total. The van der Waals surface area contributed by atoms with E-state index in [1.165, 1.54) is 0 Å². The van der Waals surface area contributed by atoms with Gasteiger partial charge in [-0.2, -0.15) is 0 Å². The van der Waals surface area contributed by atoms with Gasteiger partial charge in [-0.3, -0.25) is 0 Å². The fraction of sp³-hybridized carbons (Fsp3) is 0.875. The lowest BCUT2D eigenvalue weighted by molar-refractivity contribution is -0.00501. The number of amides is 2. The minimum atomic E-state index is -0.391. The molecule has 1 atom stereocenters. The number of primary amides is 1. The second-order valence-electron chi connectivity index (χ2n) is 3.14. The van der Waals surface area contributed by atoms with Gasteiger partial charge in [-0.15, -0.1) is 0 Å². The van der Waals surface area contributed by atoms with E-state index in [1.807, 2.05) is 0 Å². The molecular formula is C8H16N2O3. The summed E-state index contributed by atoms with van der Waals surface area (Å²) < 4.78 is 5.31. The Balaban J connectivity index is 2.29. The van der Waals surface area contributed by atoms with Crippen LogP contribution in [0.4, 0.5) is 4.79 Å². The van der Waals surface area contributed by atoms with E-state index in [4.69, 9.17) is 15.6 Å². The number of aliphatic hydroxyl groups excluding tert-OH is 1. The molecule has 2 amide bonds. The number of carbonyl (C=O) groups is 1. The summed E-state index contributed by atoms with van der Waals surface area (Å²) >= 11 is 0. The number of hydrogen-bond acceptors (Lipinski definition) is 3. The third kappa shape index (κ3) is 3.20. The van der Waals surface area contributed by atoms with E-state index < -0.39 is 6.03 Å². The quantitative estimate of drug-likeness (QED) is 0.629. The summed E-state index contributed by atoms with van der Waals surface area (Å²) in [6.07, 6.45) is 1.89. The van der Waals surface area contributed by atoms with Gasteiger partial charge < -0.3 is 20.5 Å². The smallest absolute Gasteiger partial charge is 0.314 e. The first-order valence-corrected chi connectivity index (χ1v) is 4.51. The number of urea groups is 1. The Morgan fingerprint density at radius 2 is 2.46 bits per heavy atom. The molecule has 0 saturated carbocycles. The van der Waals surface area contributed by atoms with Gasteiger partial charge in [0.25, 0.3) is 0 Å². The van der Waals surface area contributed by atoms with Gasteiger partial charge in [0.2, 0.25) is 0 Å². The lowest BCUT2D eigenvalue weighted by Crippen LogP contribution is -2.45. The third-order valence-corrected chi connectivity index (χ3v) is 2.13. The Bertz CT molecular complexity index is 175. The van der Waals surface area contributed by atoms with Crippen molar-refractivity contribution in [1.29, 1.82) is 0 Å². The fourth-order valence-corrected chi connectivity index (χ4v) is 1.49. The molecule has 0 aliphatic carbocycles. The molecule has 1 aliphatic heterocycles. The van der Waals surface area contributed by atoms with E-state index in [0.717, 1.165) is 12.8 Å². The molecule has 1 rings (SSSR count). The highest BCUT2D eigenvalue weighted by Crippen LogP contribution is 2.12. The van der Waals surface area contributed by atoms with Crippen LogP contribution in [0.15, 0.2) is 0 Å². The normalized spacial score (nSPS) is 23.2. The molecule has 0 bridgehead atoms. The van der Waals surface area contributed by atoms with Gasteiger partial charge in [0.05, 0.1) is 19.3 Å². The second kappa shape index (κ2) is 5.04. The van der Waals surface area contributed by atoms with Crippen LogP contribution in [-0.2, 0) is 4.74 Å². The van der Waals surface area contributed by atoms with Crippen molar-refractivity contribution in [1.82, 2.24) is 4.90 Å². The Morgan fingerprint density at radius 3 is 3.08 bits per heavy atom. The van der Waals surface area contributed by atoms with Crippen LogP contribution in [0.25, 0.3) is 0 Å². The summed E-state index contributed by atoms with van der Waals surface area (Å²) in [5, 5.41) is 8.54. The summed E-state index contributed by atoms with van der Waals surface area (Å²) in [6.45, 7) is 1.62. The van der Waals surface area contributed by atoms with Crippen LogP contribution in [-0.4, -0.2) is 48.4 Å². The average Bonchev–Trinajstić information content (AvgIpc) is 2.15. The van der Waals surface area contributed by atoms with Gasteiger partial charge in [-0.25, -0.2) is 4.79 Å². The first-order chi connectivity index (χ1) is 6.24. The molecule has 1 aliphatic rings. The first-order valence-electron chi connectivity index (χ1n) is 4.51. The van der Waals surface area contributed by atoms with Crippen LogP contribution >= 0.6 is 0 Å². The topological polar surface area (TPSA) is 75.8 Å². The Hall–Kier alpha value is -0.810. The van der Waals surface area contributed by atoms with E-state index >= 15 is 0 Å². The molecule has 0 aromatic rings. The second-order valence-corrected chi connectivity index (χ2v) is 3.14. The monoisotopic (exact) mass is 188 g/mol. The van der Waals surface area contributed by atoms with Gasteiger partial charge in [0.15, 0.2) is 0 Å². The SMILES string of the molecule is NC(=O)N1CCCC(OCCO)C1. The zero-order valence-corrected chi connectivity index (χ0v) is 7.61. The summed E-state index contributed by atoms with van der Waals surface area (Å²) in [4.78, 5) is 12.4. The van der Waals surface area contributed by atoms with Crippen molar-refractivity contribution in [3.8, 4) is 0 Å². The van der Waals surface area contributed by atoms with Crippen LogP contribution < -0.4 is 5.73 Å². The van der Waals surface area contributed by atoms with Crippen LogP contribution in [0, 0.1) is 0 Å². The van der Waals surface area contributed by atoms with E-state index in [1.54, 1.807) is 4.90 Å². The lowest BCUT2D eigenvalue weighted by Gasteiger charge is -2.31. The number of aliphatic hydroxyl groups is 1. The van der Waals surface area contributed by atoms with E-state index in [-0.39, 0.29) is 12.7 Å². The third-order valence-electron chi connectivity index (χ3n) is 2.13. The van der Waals surface area contributed by atoms with Crippen molar-refractivity contribution in [2.45, 2.75) is 18.9 Å². The molecule has 0 aromatic carbocycles. The van der Waals surface area contributed by atoms with Crippen molar-refractivity contribution in [2.75, 3.05) is 26.3 Å². The van der Waals surface area contributed by atoms with Crippen molar-refractivity contribution < 1.29 is 14.6 Å². The predicted molar refractivity (Wildman–Crippen MR) is 47.2 cm³/mol. The number of hydrogen-bond donors (Lipinski definition) is 2. The summed E-state index contributed by atoms with van der Waals surface area (Å²) in [5.74, 6) is 0. The maximum atomic E-state index is 10.8. The fourth-order valence-electron chi connectivity index (χ4n) is 1.49. The zero-order chi connectivity index (χ0) is 9.68. The number of ether oxygens (including phenoxy) is 1. The molecule has 5 heteroatoms. The molecule has 1 saturated heterocycles. The van der Waals surface area contributed by atoms with Crippen molar-refractivity contribution >= 4 is 6.03 Å². The number of nitrogens with two attached hydrogens (primary N) is 1. The highest BCUT2D eigenvalue weighted by atomic mass is 16.5. The number of likely N-dealkylation sites (tertiary alicyclic amines) is 1. The minimum absolute atomic E-state index is 0.0209. The van der Waals surface area contributed by atoms with Crippen molar-refractivity contribution in [3.05, 3.63) is 0 Å². The maximum absolute atomic E-state index is 10.8. The molecular weight excluding hydrogens is 172 g/mol. The largest absolute Gasteiger partial charge is 0.394 e. The first kappa shape index (κ1) is 10.3. The number of nitrogens with zero attached hydrogens (tertiary/aromatic N) is 1. The molecule has 13 heavy (non-hydrogen) atoms. The number of carbonyl (C=O) groups excluding carboxylic acids is 1. The summed E-state index contributed by atoms with van der Waals surface area (Å²) in [5.41, 5.74) is 5.14. The Labute approximate surface area is 77.5 Å². The van der Waals surface area contributed by atoms with E-state index in [0.29, 0.717) is 19.7 Å². The van der Waals surface area contributed by atoms with Crippen LogP contribution in [0.5, 0.6) is 0 Å². The Kier molecular flexibility index (Phi) is 3.98. The van der Waals surface area contributed by atoms with Gasteiger partial charge >= 0.3 is 6.03 Å². The number of rotatable bonds is 3. The molecule has 1 heterocycles. The van der Waals surface area contributed by atoms with Crippen LogP contribution in [0.2, 0.25) is 0 Å². The molecule has 0 radical (unpaired) electrons. The minimum Gasteiger partial charge on any atom is -0.394 e. The molecule has 76 valence electrons. The van der Waals surface area contributed by atoms with Gasteiger partial charge in [0.1, 0.15) is 0 Å². The van der Waals surface area contributed by atoms with Crippen molar-refractivity contribution in [3.63, 3.8) is 0 Å². The van der Waals surface area contributed by atoms with Crippen LogP contribution in [0.3, 0.4) is 0 Å². The maximum Gasteiger partial charge on any atom is 0.314 e. The van der Waals surface area contributed by atoms with Crippen LogP contribution in [0.1, 0.15) is 12.8 Å². The molecule has 1 unspecified atom stereocenters. The molecule has 0 aromatic heterocycles. The number of piperidine rings is 1. The zero-order valence-electron chi connectivity index (χ0n) is 7.61. The van der Waals surface area contributed by atoms with E-state index in [2.05, 4.69) is 0 Å². The summed E-state index contributed by atoms with van der Waals surface area (Å²) in [6, 6.07) is -0.391. The summed E-state index contributed by atoms with van der Waals surface area (Å²) in [7, 11) is 0. The Morgan fingerprint density at radius 1 is 1.69 bits per heavy atom.